The van der Waals surface area contributed by atoms with Crippen LogP contribution in [-0.2, 0) is 10.2 Å². The Morgan fingerprint density at radius 1 is 1.20 bits per heavy atom. The Bertz CT molecular complexity index is 550. The van der Waals surface area contributed by atoms with Gasteiger partial charge in [-0.2, -0.15) is 13.2 Å². The minimum absolute atomic E-state index is 0.197. The summed E-state index contributed by atoms with van der Waals surface area (Å²) >= 11 is 0. The molecule has 0 saturated heterocycles. The fraction of sp³-hybridized carbons (Fsp3) is 0.455. The van der Waals surface area contributed by atoms with Gasteiger partial charge in [0.05, 0.1) is 5.69 Å². The Balaban J connectivity index is 3.23. The molecule has 9 heteroatoms. The molecule has 0 aliphatic heterocycles. The number of carboxylic acids is 1. The van der Waals surface area contributed by atoms with Crippen molar-refractivity contribution in [3.05, 3.63) is 17.6 Å². The molecule has 2 N–H and O–H groups in total. The molecule has 1 rings (SSSR count). The Morgan fingerprint density at radius 3 is 2.15 bits per heavy atom. The third-order valence-electron chi connectivity index (χ3n) is 2.18. The molecule has 110 valence electrons. The van der Waals surface area contributed by atoms with Crippen molar-refractivity contribution in [2.75, 3.05) is 5.32 Å². The topological polar surface area (TPSA) is 92.2 Å². The second-order valence-corrected chi connectivity index (χ2v) is 4.97. The van der Waals surface area contributed by atoms with Gasteiger partial charge in [-0.1, -0.05) is 20.8 Å². The van der Waals surface area contributed by atoms with Crippen molar-refractivity contribution in [1.82, 2.24) is 9.97 Å². The van der Waals surface area contributed by atoms with Crippen LogP contribution in [0.1, 0.15) is 37.1 Å². The number of nitrogens with zero attached hydrogens (tertiary/aromatic N) is 2. The zero-order valence-corrected chi connectivity index (χ0v) is 10.9. The van der Waals surface area contributed by atoms with Gasteiger partial charge < -0.3 is 10.4 Å². The van der Waals surface area contributed by atoms with Gasteiger partial charge in [-0.15, -0.1) is 0 Å². The summed E-state index contributed by atoms with van der Waals surface area (Å²) in [5.41, 5.74) is -0.424. The summed E-state index contributed by atoms with van der Waals surface area (Å²) in [5, 5.41) is 10.3. The van der Waals surface area contributed by atoms with E-state index in [1.165, 1.54) is 5.32 Å². The largest absolute Gasteiger partial charge is 0.475 e. The second-order valence-electron chi connectivity index (χ2n) is 4.97. The van der Waals surface area contributed by atoms with Crippen LogP contribution in [0.15, 0.2) is 6.07 Å². The van der Waals surface area contributed by atoms with Crippen molar-refractivity contribution in [3.8, 4) is 0 Å². The highest BCUT2D eigenvalue weighted by atomic mass is 19.4. The maximum absolute atomic E-state index is 12.2. The van der Waals surface area contributed by atoms with E-state index in [9.17, 15) is 22.8 Å². The van der Waals surface area contributed by atoms with Crippen LogP contribution in [0, 0.1) is 0 Å². The van der Waals surface area contributed by atoms with Crippen molar-refractivity contribution in [2.45, 2.75) is 32.4 Å². The van der Waals surface area contributed by atoms with E-state index in [-0.39, 0.29) is 5.69 Å². The number of rotatable bonds is 2. The van der Waals surface area contributed by atoms with Gasteiger partial charge in [0.25, 0.3) is 0 Å². The highest BCUT2D eigenvalue weighted by Crippen LogP contribution is 2.23. The lowest BCUT2D eigenvalue weighted by molar-refractivity contribution is -0.167. The van der Waals surface area contributed by atoms with Gasteiger partial charge in [0.2, 0.25) is 5.82 Å². The number of hydrogen-bond acceptors (Lipinski definition) is 4. The van der Waals surface area contributed by atoms with E-state index in [4.69, 9.17) is 5.11 Å². The first-order valence-electron chi connectivity index (χ1n) is 5.42. The van der Waals surface area contributed by atoms with E-state index in [0.29, 0.717) is 0 Å². The van der Waals surface area contributed by atoms with Crippen molar-refractivity contribution < 1.29 is 27.9 Å². The average Bonchev–Trinajstić information content (AvgIpc) is 2.25. The molecule has 0 saturated carbocycles. The molecule has 0 spiro atoms. The first kappa shape index (κ1) is 15.9. The zero-order chi connectivity index (χ0) is 15.7. The molecule has 6 nitrogen and oxygen atoms in total. The van der Waals surface area contributed by atoms with Crippen molar-refractivity contribution >= 4 is 17.7 Å². The molecular formula is C11H12F3N3O3. The third-order valence-corrected chi connectivity index (χ3v) is 2.18. The fourth-order valence-corrected chi connectivity index (χ4v) is 1.18. The first-order chi connectivity index (χ1) is 8.91. The fourth-order valence-electron chi connectivity index (χ4n) is 1.18. The smallest absolute Gasteiger partial charge is 0.471 e. The summed E-state index contributed by atoms with van der Waals surface area (Å²) in [5.74, 6) is -4.93. The molecule has 1 aromatic rings. The van der Waals surface area contributed by atoms with Crippen molar-refractivity contribution in [2.24, 2.45) is 0 Å². The van der Waals surface area contributed by atoms with Crippen LogP contribution in [0.5, 0.6) is 0 Å². The molecule has 0 aliphatic rings. The van der Waals surface area contributed by atoms with Crippen molar-refractivity contribution in [3.63, 3.8) is 0 Å². The number of hydrogen-bond donors (Lipinski definition) is 2. The summed E-state index contributed by atoms with van der Waals surface area (Å²) in [6, 6.07) is 1.11. The summed E-state index contributed by atoms with van der Waals surface area (Å²) in [6.45, 7) is 5.07. The van der Waals surface area contributed by atoms with Crippen molar-refractivity contribution in [1.29, 1.82) is 0 Å². The quantitative estimate of drug-likeness (QED) is 0.869. The Morgan fingerprint density at radius 2 is 1.75 bits per heavy atom. The molecule has 0 aromatic carbocycles. The van der Waals surface area contributed by atoms with E-state index in [1.54, 1.807) is 20.8 Å². The number of alkyl halides is 3. The molecule has 0 atom stereocenters. The van der Waals surface area contributed by atoms with Crippen LogP contribution in [0.3, 0.4) is 0 Å². The Kier molecular flexibility index (Phi) is 4.02. The minimum Gasteiger partial charge on any atom is -0.475 e. The maximum atomic E-state index is 12.2. The van der Waals surface area contributed by atoms with Gasteiger partial charge in [0, 0.05) is 11.5 Å². The number of nitrogens with one attached hydrogen (secondary N) is 1. The van der Waals surface area contributed by atoms with Crippen LogP contribution >= 0.6 is 0 Å². The van der Waals surface area contributed by atoms with E-state index in [2.05, 4.69) is 9.97 Å². The Hall–Kier alpha value is -2.19. The minimum atomic E-state index is -5.09. The number of carbonyl (C=O) groups is 2. The first-order valence-corrected chi connectivity index (χ1v) is 5.42. The van der Waals surface area contributed by atoms with Crippen LogP contribution in [0.25, 0.3) is 0 Å². The number of anilines is 1. The number of carbonyl (C=O) groups excluding carboxylic acids is 1. The van der Waals surface area contributed by atoms with Crippen LogP contribution < -0.4 is 5.32 Å². The van der Waals surface area contributed by atoms with E-state index in [1.807, 2.05) is 0 Å². The SMILES string of the molecule is CC(C)(C)c1cc(NC(=O)C(F)(F)F)nc(C(=O)O)n1. The summed E-state index contributed by atoms with van der Waals surface area (Å²) in [6.07, 6.45) is -5.09. The lowest BCUT2D eigenvalue weighted by atomic mass is 9.92. The molecule has 1 amide bonds. The molecule has 1 aromatic heterocycles. The molecule has 0 bridgehead atoms. The number of aromatic nitrogens is 2. The predicted octanol–water partition coefficient (Wildman–Crippen LogP) is 1.97. The molecule has 1 heterocycles. The number of halogens is 3. The standard InChI is InChI=1S/C11H12F3N3O3/c1-10(2,3)5-4-6(16-7(15-5)8(18)19)17-9(20)11(12,13)14/h4H,1-3H3,(H,18,19)(H,15,16,17,20). The molecule has 0 fully saturated rings. The number of aromatic carboxylic acids is 1. The average molecular weight is 291 g/mol. The summed E-state index contributed by atoms with van der Waals surface area (Å²) in [7, 11) is 0. The zero-order valence-electron chi connectivity index (χ0n) is 10.9. The normalized spacial score (nSPS) is 12.1. The monoisotopic (exact) mass is 291 g/mol. The van der Waals surface area contributed by atoms with Crippen LogP contribution in [0.2, 0.25) is 0 Å². The van der Waals surface area contributed by atoms with E-state index < -0.39 is 35.1 Å². The van der Waals surface area contributed by atoms with Gasteiger partial charge in [-0.05, 0) is 0 Å². The second kappa shape index (κ2) is 5.06. The molecular weight excluding hydrogens is 279 g/mol. The van der Waals surface area contributed by atoms with Crippen LogP contribution in [-0.4, -0.2) is 33.1 Å². The van der Waals surface area contributed by atoms with Crippen LogP contribution in [0.4, 0.5) is 19.0 Å². The summed E-state index contributed by atoms with van der Waals surface area (Å²) < 4.78 is 36.5. The summed E-state index contributed by atoms with van der Waals surface area (Å²) in [4.78, 5) is 28.8. The molecule has 0 radical (unpaired) electrons. The van der Waals surface area contributed by atoms with Gasteiger partial charge in [0.15, 0.2) is 0 Å². The molecule has 20 heavy (non-hydrogen) atoms. The third kappa shape index (κ3) is 3.90. The van der Waals surface area contributed by atoms with Gasteiger partial charge >= 0.3 is 18.1 Å². The highest BCUT2D eigenvalue weighted by Gasteiger charge is 2.39. The number of amides is 1. The van der Waals surface area contributed by atoms with Gasteiger partial charge in [0.1, 0.15) is 5.82 Å². The molecule has 0 unspecified atom stereocenters. The lowest BCUT2D eigenvalue weighted by Crippen LogP contribution is -2.31. The lowest BCUT2D eigenvalue weighted by Gasteiger charge is -2.19. The van der Waals surface area contributed by atoms with Gasteiger partial charge in [-0.3, -0.25) is 4.79 Å². The Labute approximate surface area is 112 Å². The number of carboxylic acid groups (broad SMARTS) is 1. The highest BCUT2D eigenvalue weighted by molar-refractivity contribution is 5.94. The maximum Gasteiger partial charge on any atom is 0.471 e. The predicted molar refractivity (Wildman–Crippen MR) is 62.4 cm³/mol. The van der Waals surface area contributed by atoms with Gasteiger partial charge in [-0.25, -0.2) is 14.8 Å². The molecule has 0 aliphatic carbocycles. The van der Waals surface area contributed by atoms with E-state index >= 15 is 0 Å². The van der Waals surface area contributed by atoms with E-state index in [0.717, 1.165) is 6.07 Å².